The Balaban J connectivity index is 2.85. The van der Waals surface area contributed by atoms with E-state index in [2.05, 4.69) is 0 Å². The van der Waals surface area contributed by atoms with Gasteiger partial charge in [0.2, 0.25) is 0 Å². The van der Waals surface area contributed by atoms with Crippen LogP contribution in [-0.2, 0) is 9.47 Å². The van der Waals surface area contributed by atoms with Gasteiger partial charge < -0.3 is 24.8 Å². The van der Waals surface area contributed by atoms with Crippen LogP contribution in [0, 0.1) is 0 Å². The van der Waals surface area contributed by atoms with E-state index in [0.717, 1.165) is 0 Å². The van der Waals surface area contributed by atoms with Gasteiger partial charge in [-0.05, 0) is 13.8 Å². The van der Waals surface area contributed by atoms with Crippen LogP contribution in [0.15, 0.2) is 0 Å². The number of hydrogen-bond acceptors (Lipinski definition) is 5. The lowest BCUT2D eigenvalue weighted by molar-refractivity contribution is -0.314. The normalized spacial score (nSPS) is 52.2. The number of ether oxygens (including phenoxy) is 2. The van der Waals surface area contributed by atoms with Gasteiger partial charge in [-0.3, -0.25) is 0 Å². The molecule has 5 heteroatoms. The highest BCUT2D eigenvalue weighted by Crippen LogP contribution is 2.30. The molecule has 0 amide bonds. The van der Waals surface area contributed by atoms with Gasteiger partial charge in [0.05, 0.1) is 6.10 Å². The Hall–Kier alpha value is -0.200. The van der Waals surface area contributed by atoms with Crippen molar-refractivity contribution in [2.24, 2.45) is 0 Å². The van der Waals surface area contributed by atoms with Crippen molar-refractivity contribution in [3.63, 3.8) is 0 Å². The zero-order valence-corrected chi connectivity index (χ0v) is 7.97. The minimum Gasteiger partial charge on any atom is -0.387 e. The lowest BCUT2D eigenvalue weighted by atomic mass is 9.86. The van der Waals surface area contributed by atoms with E-state index in [1.54, 1.807) is 6.92 Å². The first-order valence-electron chi connectivity index (χ1n) is 4.18. The number of rotatable bonds is 1. The van der Waals surface area contributed by atoms with Crippen molar-refractivity contribution < 1.29 is 24.8 Å². The summed E-state index contributed by atoms with van der Waals surface area (Å²) in [5, 5.41) is 28.8. The minimum absolute atomic E-state index is 0.614. The maximum atomic E-state index is 9.83. The molecule has 3 N–H and O–H groups in total. The Labute approximate surface area is 76.9 Å². The van der Waals surface area contributed by atoms with Crippen LogP contribution in [0.5, 0.6) is 0 Å². The van der Waals surface area contributed by atoms with Gasteiger partial charge in [-0.25, -0.2) is 0 Å². The minimum atomic E-state index is -1.49. The lowest BCUT2D eigenvalue weighted by Crippen LogP contribution is -2.64. The summed E-state index contributed by atoms with van der Waals surface area (Å²) in [5.74, 6) is 0. The monoisotopic (exact) mass is 192 g/mol. The van der Waals surface area contributed by atoms with Gasteiger partial charge in [0.25, 0.3) is 0 Å². The highest BCUT2D eigenvalue weighted by molar-refractivity contribution is 4.98. The molecule has 0 saturated carbocycles. The smallest absolute Gasteiger partial charge is 0.184 e. The van der Waals surface area contributed by atoms with Gasteiger partial charge >= 0.3 is 0 Å². The summed E-state index contributed by atoms with van der Waals surface area (Å²) in [5.41, 5.74) is -1.49. The van der Waals surface area contributed by atoms with E-state index in [-0.39, 0.29) is 0 Å². The van der Waals surface area contributed by atoms with Crippen LogP contribution in [0.3, 0.4) is 0 Å². The fourth-order valence-corrected chi connectivity index (χ4v) is 1.65. The molecule has 5 atom stereocenters. The number of methoxy groups -OCH3 is 1. The second kappa shape index (κ2) is 3.51. The summed E-state index contributed by atoms with van der Waals surface area (Å²) >= 11 is 0. The fraction of sp³-hybridized carbons (Fsp3) is 1.00. The van der Waals surface area contributed by atoms with Crippen molar-refractivity contribution in [3.05, 3.63) is 0 Å². The summed E-state index contributed by atoms with van der Waals surface area (Å²) < 4.78 is 9.81. The first-order chi connectivity index (χ1) is 5.91. The summed E-state index contributed by atoms with van der Waals surface area (Å²) in [7, 11) is 1.34. The van der Waals surface area contributed by atoms with Crippen molar-refractivity contribution >= 4 is 0 Å². The van der Waals surface area contributed by atoms with Gasteiger partial charge in [-0.2, -0.15) is 0 Å². The molecule has 0 bridgehead atoms. The van der Waals surface area contributed by atoms with Gasteiger partial charge in [0.15, 0.2) is 6.29 Å². The predicted molar refractivity (Wildman–Crippen MR) is 44.0 cm³/mol. The van der Waals surface area contributed by atoms with E-state index in [4.69, 9.17) is 9.47 Å². The van der Waals surface area contributed by atoms with Crippen molar-refractivity contribution in [2.45, 2.75) is 44.1 Å². The molecule has 0 aromatic heterocycles. The van der Waals surface area contributed by atoms with Crippen molar-refractivity contribution in [1.29, 1.82) is 0 Å². The third kappa shape index (κ3) is 1.70. The Morgan fingerprint density at radius 2 is 1.92 bits per heavy atom. The summed E-state index contributed by atoms with van der Waals surface area (Å²) in [6, 6.07) is 0. The molecule has 1 fully saturated rings. The highest BCUT2D eigenvalue weighted by Gasteiger charge is 2.51. The van der Waals surface area contributed by atoms with Crippen LogP contribution < -0.4 is 0 Å². The van der Waals surface area contributed by atoms with E-state index < -0.39 is 30.2 Å². The molecule has 1 heterocycles. The molecular weight excluding hydrogens is 176 g/mol. The molecule has 0 radical (unpaired) electrons. The largest absolute Gasteiger partial charge is 0.387 e. The maximum absolute atomic E-state index is 9.83. The molecular formula is C8H16O5. The number of aliphatic hydroxyl groups excluding tert-OH is 2. The summed E-state index contributed by atoms with van der Waals surface area (Å²) in [4.78, 5) is 0. The Bertz CT molecular complexity index is 181. The van der Waals surface area contributed by atoms with Gasteiger partial charge in [0.1, 0.15) is 17.8 Å². The van der Waals surface area contributed by atoms with Gasteiger partial charge in [0, 0.05) is 7.11 Å². The Morgan fingerprint density at radius 1 is 1.38 bits per heavy atom. The third-order valence-corrected chi connectivity index (χ3v) is 2.49. The van der Waals surface area contributed by atoms with Gasteiger partial charge in [-0.15, -0.1) is 0 Å². The van der Waals surface area contributed by atoms with E-state index >= 15 is 0 Å². The zero-order valence-electron chi connectivity index (χ0n) is 7.97. The summed E-state index contributed by atoms with van der Waals surface area (Å²) in [6.45, 7) is 2.99. The van der Waals surface area contributed by atoms with E-state index in [9.17, 15) is 15.3 Å². The molecule has 0 aromatic rings. The van der Waals surface area contributed by atoms with E-state index in [0.29, 0.717) is 0 Å². The van der Waals surface area contributed by atoms with Crippen LogP contribution in [0.4, 0.5) is 0 Å². The second-order valence-electron chi connectivity index (χ2n) is 3.56. The molecule has 1 aliphatic heterocycles. The Morgan fingerprint density at radius 3 is 2.38 bits per heavy atom. The molecule has 5 nitrogen and oxygen atoms in total. The topological polar surface area (TPSA) is 79.2 Å². The fourth-order valence-electron chi connectivity index (χ4n) is 1.65. The molecule has 0 spiro atoms. The SMILES string of the molecule is CO[C@@H]1[C@@H](O)O[C@H](C)[C@@H](O)[C@]1(C)O. The van der Waals surface area contributed by atoms with Crippen LogP contribution >= 0.6 is 0 Å². The van der Waals surface area contributed by atoms with Crippen molar-refractivity contribution in [3.8, 4) is 0 Å². The van der Waals surface area contributed by atoms with Crippen LogP contribution in [-0.4, -0.2) is 52.6 Å². The van der Waals surface area contributed by atoms with E-state index in [1.165, 1.54) is 14.0 Å². The lowest BCUT2D eigenvalue weighted by Gasteiger charge is -2.45. The average molecular weight is 192 g/mol. The standard InChI is InChI=1S/C8H16O5/c1-4-5(9)8(2,11)6(12-3)7(10)13-4/h4-7,9-11H,1-3H3/t4-,5-,6-,7+,8+/m1/s1. The second-order valence-corrected chi connectivity index (χ2v) is 3.56. The maximum Gasteiger partial charge on any atom is 0.184 e. The molecule has 1 saturated heterocycles. The summed E-state index contributed by atoms with van der Waals surface area (Å²) in [6.07, 6.45) is -3.82. The quantitative estimate of drug-likeness (QED) is 0.489. The number of hydrogen-bond donors (Lipinski definition) is 3. The molecule has 0 aliphatic carbocycles. The van der Waals surface area contributed by atoms with Crippen molar-refractivity contribution in [2.75, 3.05) is 7.11 Å². The van der Waals surface area contributed by atoms with Crippen LogP contribution in [0.2, 0.25) is 0 Å². The Kier molecular flexibility index (Phi) is 2.94. The number of aliphatic hydroxyl groups is 3. The molecule has 0 unspecified atom stereocenters. The van der Waals surface area contributed by atoms with Gasteiger partial charge in [-0.1, -0.05) is 0 Å². The first kappa shape index (κ1) is 10.9. The first-order valence-corrected chi connectivity index (χ1v) is 4.18. The molecule has 78 valence electrons. The van der Waals surface area contributed by atoms with E-state index in [1.807, 2.05) is 0 Å². The molecule has 13 heavy (non-hydrogen) atoms. The molecule has 0 aromatic carbocycles. The highest BCUT2D eigenvalue weighted by atomic mass is 16.7. The van der Waals surface area contributed by atoms with Crippen LogP contribution in [0.25, 0.3) is 0 Å². The average Bonchev–Trinajstić information content (AvgIpc) is 2.01. The predicted octanol–water partition coefficient (Wildman–Crippen LogP) is -1.15. The molecule has 1 aliphatic rings. The molecule has 1 rings (SSSR count). The van der Waals surface area contributed by atoms with Crippen molar-refractivity contribution in [1.82, 2.24) is 0 Å². The zero-order chi connectivity index (χ0) is 10.2. The van der Waals surface area contributed by atoms with Crippen LogP contribution in [0.1, 0.15) is 13.8 Å². The third-order valence-electron chi connectivity index (χ3n) is 2.49.